The van der Waals surface area contributed by atoms with E-state index < -0.39 is 0 Å². The molecule has 0 spiro atoms. The number of benzene rings is 1. The number of hydrogen-bond acceptors (Lipinski definition) is 6. The zero-order valence-corrected chi connectivity index (χ0v) is 18.1. The quantitative estimate of drug-likeness (QED) is 0.568. The van der Waals surface area contributed by atoms with Gasteiger partial charge in [0, 0.05) is 90.6 Å². The van der Waals surface area contributed by atoms with Crippen LogP contribution in [0.1, 0.15) is 0 Å². The molecule has 4 rings (SSSR count). The van der Waals surface area contributed by atoms with E-state index in [9.17, 15) is 4.39 Å². The number of anilines is 2. The van der Waals surface area contributed by atoms with Crippen molar-refractivity contribution in [3.05, 3.63) is 48.5 Å². The summed E-state index contributed by atoms with van der Waals surface area (Å²) in [7, 11) is 1.84. The van der Waals surface area contributed by atoms with Crippen LogP contribution in [0.2, 0.25) is 0 Å². The molecule has 0 bridgehead atoms. The van der Waals surface area contributed by atoms with Crippen molar-refractivity contribution in [2.45, 2.75) is 0 Å². The van der Waals surface area contributed by atoms with Crippen LogP contribution in [0, 0.1) is 5.82 Å². The van der Waals surface area contributed by atoms with Gasteiger partial charge in [0.25, 0.3) is 0 Å². The molecule has 0 saturated carbocycles. The number of aliphatic imine (C=N–C) groups is 1. The van der Waals surface area contributed by atoms with E-state index in [1.165, 1.54) is 12.1 Å². The minimum atomic E-state index is -0.193. The van der Waals surface area contributed by atoms with E-state index in [4.69, 9.17) is 0 Å². The van der Waals surface area contributed by atoms with Crippen molar-refractivity contribution in [2.75, 3.05) is 82.3 Å². The molecule has 0 radical (unpaired) electrons. The number of piperazine rings is 2. The molecule has 1 aromatic heterocycles. The van der Waals surface area contributed by atoms with E-state index in [2.05, 4.69) is 39.9 Å². The van der Waals surface area contributed by atoms with E-state index >= 15 is 0 Å². The van der Waals surface area contributed by atoms with E-state index in [-0.39, 0.29) is 5.82 Å². The summed E-state index contributed by atoms with van der Waals surface area (Å²) in [5, 5.41) is 3.52. The maximum atomic E-state index is 13.2. The van der Waals surface area contributed by atoms with Gasteiger partial charge in [-0.15, -0.1) is 0 Å². The van der Waals surface area contributed by atoms with Gasteiger partial charge in [-0.3, -0.25) is 9.89 Å². The maximum absolute atomic E-state index is 13.2. The van der Waals surface area contributed by atoms with Crippen molar-refractivity contribution in [1.82, 2.24) is 25.1 Å². The second-order valence-corrected chi connectivity index (χ2v) is 7.80. The van der Waals surface area contributed by atoms with Crippen LogP contribution < -0.4 is 15.1 Å². The molecule has 2 aliphatic heterocycles. The summed E-state index contributed by atoms with van der Waals surface area (Å²) in [4.78, 5) is 22.5. The Bertz CT molecular complexity index is 828. The molecule has 0 amide bonds. The lowest BCUT2D eigenvalue weighted by atomic mass is 10.2. The summed E-state index contributed by atoms with van der Waals surface area (Å²) in [6, 6.07) is 8.59. The molecule has 2 aromatic rings. The average molecular weight is 427 g/mol. The van der Waals surface area contributed by atoms with Gasteiger partial charge >= 0.3 is 0 Å². The third kappa shape index (κ3) is 5.61. The average Bonchev–Trinajstić information content (AvgIpc) is 2.84. The number of nitrogens with one attached hydrogen (secondary N) is 1. The van der Waals surface area contributed by atoms with Crippen molar-refractivity contribution in [3.8, 4) is 0 Å². The molecule has 8 nitrogen and oxygen atoms in total. The summed E-state index contributed by atoms with van der Waals surface area (Å²) in [6.07, 6.45) is 3.59. The Hall–Kier alpha value is -2.94. The van der Waals surface area contributed by atoms with Crippen molar-refractivity contribution in [1.29, 1.82) is 0 Å². The zero-order chi connectivity index (χ0) is 21.5. The molecule has 1 aromatic carbocycles. The Morgan fingerprint density at radius 2 is 1.58 bits per heavy atom. The van der Waals surface area contributed by atoms with E-state index in [0.717, 1.165) is 83.0 Å². The molecule has 166 valence electrons. The van der Waals surface area contributed by atoms with E-state index in [1.54, 1.807) is 12.4 Å². The first-order chi connectivity index (χ1) is 15.2. The van der Waals surface area contributed by atoms with Gasteiger partial charge in [0.05, 0.1) is 0 Å². The first-order valence-corrected chi connectivity index (χ1v) is 10.9. The molecule has 0 aliphatic carbocycles. The summed E-state index contributed by atoms with van der Waals surface area (Å²) in [5.74, 6) is 1.58. The molecule has 2 aliphatic rings. The van der Waals surface area contributed by atoms with Crippen LogP contribution in [0.5, 0.6) is 0 Å². The highest BCUT2D eigenvalue weighted by molar-refractivity contribution is 5.80. The van der Waals surface area contributed by atoms with Crippen LogP contribution in [0.25, 0.3) is 0 Å². The topological polar surface area (TPSA) is 63.1 Å². The molecule has 9 heteroatoms. The lowest BCUT2D eigenvalue weighted by molar-refractivity contribution is 0.258. The Labute approximate surface area is 183 Å². The van der Waals surface area contributed by atoms with Gasteiger partial charge in [-0.1, -0.05) is 0 Å². The number of rotatable bonds is 5. The molecule has 2 saturated heterocycles. The molecular formula is C22H31FN8. The molecular weight excluding hydrogens is 395 g/mol. The van der Waals surface area contributed by atoms with Gasteiger partial charge < -0.3 is 20.0 Å². The van der Waals surface area contributed by atoms with Crippen LogP contribution >= 0.6 is 0 Å². The predicted molar refractivity (Wildman–Crippen MR) is 122 cm³/mol. The number of nitrogens with zero attached hydrogens (tertiary/aromatic N) is 7. The molecule has 1 N–H and O–H groups in total. The van der Waals surface area contributed by atoms with Crippen LogP contribution in [0.15, 0.2) is 47.7 Å². The Balaban J connectivity index is 1.17. The van der Waals surface area contributed by atoms with Crippen LogP contribution in [-0.2, 0) is 0 Å². The van der Waals surface area contributed by atoms with Crippen LogP contribution in [-0.4, -0.2) is 98.2 Å². The normalized spacial score (nSPS) is 18.4. The Kier molecular flexibility index (Phi) is 7.14. The maximum Gasteiger partial charge on any atom is 0.225 e. The molecule has 0 unspecified atom stereocenters. The number of halogens is 1. The van der Waals surface area contributed by atoms with Crippen molar-refractivity contribution in [2.24, 2.45) is 4.99 Å². The summed E-state index contributed by atoms with van der Waals surface area (Å²) in [6.45, 7) is 9.36. The fourth-order valence-electron chi connectivity index (χ4n) is 4.11. The monoisotopic (exact) mass is 426 g/mol. The van der Waals surface area contributed by atoms with Gasteiger partial charge in [0.15, 0.2) is 5.96 Å². The highest BCUT2D eigenvalue weighted by Crippen LogP contribution is 2.17. The van der Waals surface area contributed by atoms with Crippen molar-refractivity contribution >= 4 is 17.6 Å². The SMILES string of the molecule is CN=C(NCCN1CCN(c2ncccn2)CC1)N1CCN(c2ccc(F)cc2)CC1. The highest BCUT2D eigenvalue weighted by Gasteiger charge is 2.21. The summed E-state index contributed by atoms with van der Waals surface area (Å²) < 4.78 is 13.2. The van der Waals surface area contributed by atoms with Gasteiger partial charge in [0.1, 0.15) is 5.82 Å². The lowest BCUT2D eigenvalue weighted by Gasteiger charge is -2.38. The van der Waals surface area contributed by atoms with Gasteiger partial charge in [-0.2, -0.15) is 0 Å². The number of aromatic nitrogens is 2. The van der Waals surface area contributed by atoms with Crippen molar-refractivity contribution < 1.29 is 4.39 Å². The third-order valence-electron chi connectivity index (χ3n) is 5.90. The largest absolute Gasteiger partial charge is 0.368 e. The van der Waals surface area contributed by atoms with Gasteiger partial charge in [-0.25, -0.2) is 14.4 Å². The van der Waals surface area contributed by atoms with E-state index in [0.29, 0.717) is 0 Å². The van der Waals surface area contributed by atoms with Crippen LogP contribution in [0.3, 0.4) is 0 Å². The first kappa shape index (κ1) is 21.3. The van der Waals surface area contributed by atoms with Gasteiger partial charge in [0.2, 0.25) is 5.95 Å². The highest BCUT2D eigenvalue weighted by atomic mass is 19.1. The molecule has 0 atom stereocenters. The minimum absolute atomic E-state index is 0.193. The standard InChI is InChI=1S/C22H31FN8/c1-24-21(30-17-15-29(16-18-30)20-5-3-19(23)4-6-20)27-9-10-28-11-13-31(14-12-28)22-25-7-2-8-26-22/h2-8H,9-18H2,1H3,(H,24,27). The Morgan fingerprint density at radius 1 is 0.935 bits per heavy atom. The summed E-state index contributed by atoms with van der Waals surface area (Å²) in [5.41, 5.74) is 1.07. The van der Waals surface area contributed by atoms with Crippen LogP contribution in [0.4, 0.5) is 16.0 Å². The van der Waals surface area contributed by atoms with Gasteiger partial charge in [-0.05, 0) is 30.3 Å². The molecule has 2 fully saturated rings. The second-order valence-electron chi connectivity index (χ2n) is 7.80. The lowest BCUT2D eigenvalue weighted by Crippen LogP contribution is -2.54. The summed E-state index contributed by atoms with van der Waals surface area (Å²) >= 11 is 0. The number of guanidine groups is 1. The number of hydrogen-bond donors (Lipinski definition) is 1. The molecule has 3 heterocycles. The van der Waals surface area contributed by atoms with E-state index in [1.807, 2.05) is 25.2 Å². The predicted octanol–water partition coefficient (Wildman–Crippen LogP) is 1.14. The Morgan fingerprint density at radius 3 is 2.23 bits per heavy atom. The zero-order valence-electron chi connectivity index (χ0n) is 18.1. The fourth-order valence-corrected chi connectivity index (χ4v) is 4.11. The van der Waals surface area contributed by atoms with Crippen molar-refractivity contribution in [3.63, 3.8) is 0 Å². The third-order valence-corrected chi connectivity index (χ3v) is 5.90. The minimum Gasteiger partial charge on any atom is -0.368 e. The second kappa shape index (κ2) is 10.4. The molecule has 31 heavy (non-hydrogen) atoms. The smallest absolute Gasteiger partial charge is 0.225 e. The first-order valence-electron chi connectivity index (χ1n) is 10.9. The fraction of sp³-hybridized carbons (Fsp3) is 0.500.